The molecule has 0 bridgehead atoms. The van der Waals surface area contributed by atoms with Gasteiger partial charge in [0, 0.05) is 18.1 Å². The molecule has 0 aliphatic rings. The van der Waals surface area contributed by atoms with Crippen molar-refractivity contribution in [2.24, 2.45) is 0 Å². The van der Waals surface area contributed by atoms with Crippen molar-refractivity contribution in [3.05, 3.63) is 73.1 Å². The van der Waals surface area contributed by atoms with E-state index in [-0.39, 0.29) is 21.2 Å². The Balaban J connectivity index is 1.96. The highest BCUT2D eigenvalue weighted by atomic mass is 32.2. The van der Waals surface area contributed by atoms with Gasteiger partial charge in [-0.15, -0.1) is 0 Å². The number of methoxy groups -OCH3 is 1. The summed E-state index contributed by atoms with van der Waals surface area (Å²) in [4.78, 5) is 3.08. The molecular formula is C18H17N3O5S2. The zero-order chi connectivity index (χ0) is 20.2. The minimum absolute atomic E-state index is 0.269. The molecule has 146 valence electrons. The van der Waals surface area contributed by atoms with Crippen LogP contribution in [0.25, 0.3) is 0 Å². The quantitative estimate of drug-likeness (QED) is 0.609. The van der Waals surface area contributed by atoms with Crippen molar-refractivity contribution in [3.8, 4) is 5.75 Å². The first kappa shape index (κ1) is 19.6. The van der Waals surface area contributed by atoms with Gasteiger partial charge in [-0.2, -0.15) is 0 Å². The Kier molecular flexibility index (Phi) is 5.52. The van der Waals surface area contributed by atoms with Gasteiger partial charge in [0.1, 0.15) is 15.5 Å². The van der Waals surface area contributed by atoms with E-state index in [0.29, 0.717) is 5.75 Å². The third-order valence-corrected chi connectivity index (χ3v) is 6.71. The molecule has 0 saturated carbocycles. The van der Waals surface area contributed by atoms with E-state index in [9.17, 15) is 16.8 Å². The van der Waals surface area contributed by atoms with Crippen LogP contribution >= 0.6 is 0 Å². The fourth-order valence-electron chi connectivity index (χ4n) is 2.39. The topological polar surface area (TPSA) is 114 Å². The van der Waals surface area contributed by atoms with Crippen molar-refractivity contribution in [2.45, 2.75) is 9.79 Å². The molecule has 2 N–H and O–H groups in total. The number of hydrogen-bond acceptors (Lipinski definition) is 6. The van der Waals surface area contributed by atoms with E-state index in [1.807, 2.05) is 0 Å². The molecule has 1 aromatic heterocycles. The van der Waals surface area contributed by atoms with Gasteiger partial charge in [0.25, 0.3) is 20.0 Å². The summed E-state index contributed by atoms with van der Waals surface area (Å²) in [5.74, 6) is 0.562. The molecule has 3 aromatic rings. The lowest BCUT2D eigenvalue weighted by Gasteiger charge is -2.14. The lowest BCUT2D eigenvalue weighted by molar-refractivity contribution is 0.415. The second-order valence-corrected chi connectivity index (χ2v) is 8.92. The second kappa shape index (κ2) is 7.87. The van der Waals surface area contributed by atoms with Gasteiger partial charge in [0.15, 0.2) is 0 Å². The van der Waals surface area contributed by atoms with E-state index >= 15 is 0 Å². The standard InChI is InChI=1S/C18H17N3O5S2/c1-26-16-8-6-14(7-9-16)20-27(22,23)17-4-2-3-5-18(17)28(24,25)21-15-10-12-19-13-11-15/h2-13,20H,1H3,(H,19,21). The average molecular weight is 419 g/mol. The molecule has 10 heteroatoms. The van der Waals surface area contributed by atoms with Gasteiger partial charge in [0.2, 0.25) is 0 Å². The predicted molar refractivity (Wildman–Crippen MR) is 105 cm³/mol. The number of benzene rings is 2. The van der Waals surface area contributed by atoms with Gasteiger partial charge in [-0.1, -0.05) is 12.1 Å². The zero-order valence-electron chi connectivity index (χ0n) is 14.7. The van der Waals surface area contributed by atoms with Crippen molar-refractivity contribution in [3.63, 3.8) is 0 Å². The maximum Gasteiger partial charge on any atom is 0.263 e. The lowest BCUT2D eigenvalue weighted by atomic mass is 10.3. The zero-order valence-corrected chi connectivity index (χ0v) is 16.4. The van der Waals surface area contributed by atoms with Crippen molar-refractivity contribution < 1.29 is 21.6 Å². The lowest BCUT2D eigenvalue weighted by Crippen LogP contribution is -2.20. The number of ether oxygens (including phenoxy) is 1. The summed E-state index contributed by atoms with van der Waals surface area (Å²) in [5, 5.41) is 0. The number of pyridine rings is 1. The summed E-state index contributed by atoms with van der Waals surface area (Å²) in [7, 11) is -6.81. The third kappa shape index (κ3) is 4.41. The summed E-state index contributed by atoms with van der Waals surface area (Å²) < 4.78 is 61.0. The molecule has 0 unspecified atom stereocenters. The van der Waals surface area contributed by atoms with E-state index in [4.69, 9.17) is 4.74 Å². The number of anilines is 2. The molecule has 2 aromatic carbocycles. The average Bonchev–Trinajstić information content (AvgIpc) is 2.69. The number of nitrogens with zero attached hydrogens (tertiary/aromatic N) is 1. The Morgan fingerprint density at radius 1 is 0.714 bits per heavy atom. The molecule has 0 fully saturated rings. The normalized spacial score (nSPS) is 11.6. The van der Waals surface area contributed by atoms with Gasteiger partial charge in [0.05, 0.1) is 12.8 Å². The molecule has 0 atom stereocenters. The third-order valence-electron chi connectivity index (χ3n) is 3.70. The highest BCUT2D eigenvalue weighted by Gasteiger charge is 2.26. The minimum atomic E-state index is -4.16. The van der Waals surface area contributed by atoms with Crippen LogP contribution in [-0.2, 0) is 20.0 Å². The van der Waals surface area contributed by atoms with Crippen LogP contribution < -0.4 is 14.2 Å². The summed E-state index contributed by atoms with van der Waals surface area (Å²) in [6.45, 7) is 0. The molecule has 0 aliphatic carbocycles. The summed E-state index contributed by atoms with van der Waals surface area (Å²) in [6, 6.07) is 14.5. The van der Waals surface area contributed by atoms with Gasteiger partial charge < -0.3 is 4.74 Å². The Morgan fingerprint density at radius 2 is 1.18 bits per heavy atom. The van der Waals surface area contributed by atoms with Crippen LogP contribution in [0.3, 0.4) is 0 Å². The second-order valence-electron chi connectivity index (χ2n) is 5.62. The van der Waals surface area contributed by atoms with Crippen LogP contribution in [0.2, 0.25) is 0 Å². The SMILES string of the molecule is COc1ccc(NS(=O)(=O)c2ccccc2S(=O)(=O)Nc2ccncc2)cc1. The van der Waals surface area contributed by atoms with Crippen LogP contribution in [0.15, 0.2) is 82.8 Å². The molecule has 1 heterocycles. The van der Waals surface area contributed by atoms with Crippen LogP contribution in [0, 0.1) is 0 Å². The first-order chi connectivity index (χ1) is 13.3. The molecular weight excluding hydrogens is 402 g/mol. The highest BCUT2D eigenvalue weighted by molar-refractivity contribution is 7.95. The molecule has 3 rings (SSSR count). The van der Waals surface area contributed by atoms with Gasteiger partial charge in [-0.05, 0) is 48.5 Å². The van der Waals surface area contributed by atoms with Crippen molar-refractivity contribution >= 4 is 31.4 Å². The Bertz CT molecular complexity index is 1160. The smallest absolute Gasteiger partial charge is 0.263 e. The molecule has 8 nitrogen and oxygen atoms in total. The highest BCUT2D eigenvalue weighted by Crippen LogP contribution is 2.26. The Hall–Kier alpha value is -3.11. The van der Waals surface area contributed by atoms with Gasteiger partial charge in [-0.25, -0.2) is 16.8 Å². The molecule has 0 aliphatic heterocycles. The van der Waals surface area contributed by atoms with Crippen molar-refractivity contribution in [2.75, 3.05) is 16.6 Å². The van der Waals surface area contributed by atoms with Crippen molar-refractivity contribution in [1.82, 2.24) is 4.98 Å². The van der Waals surface area contributed by atoms with Crippen molar-refractivity contribution in [1.29, 1.82) is 0 Å². The fourth-order valence-corrected chi connectivity index (χ4v) is 5.35. The van der Waals surface area contributed by atoms with E-state index in [1.54, 1.807) is 12.1 Å². The maximum atomic E-state index is 12.8. The van der Waals surface area contributed by atoms with Crippen LogP contribution in [0.1, 0.15) is 0 Å². The summed E-state index contributed by atoms with van der Waals surface area (Å²) in [5.41, 5.74) is 0.542. The number of hydrogen-bond donors (Lipinski definition) is 2. The molecule has 0 spiro atoms. The van der Waals surface area contributed by atoms with E-state index in [1.165, 1.54) is 68.0 Å². The summed E-state index contributed by atoms with van der Waals surface area (Å²) >= 11 is 0. The van der Waals surface area contributed by atoms with E-state index in [2.05, 4.69) is 14.4 Å². The van der Waals surface area contributed by atoms with Crippen LogP contribution in [-0.4, -0.2) is 28.9 Å². The van der Waals surface area contributed by atoms with Crippen LogP contribution in [0.4, 0.5) is 11.4 Å². The summed E-state index contributed by atoms with van der Waals surface area (Å²) in [6.07, 6.45) is 2.84. The molecule has 0 radical (unpaired) electrons. The number of aromatic nitrogens is 1. The molecule has 0 amide bonds. The first-order valence-electron chi connectivity index (χ1n) is 8.00. The maximum absolute atomic E-state index is 12.8. The van der Waals surface area contributed by atoms with E-state index in [0.717, 1.165) is 0 Å². The van der Waals surface area contributed by atoms with Gasteiger partial charge in [-0.3, -0.25) is 14.4 Å². The van der Waals surface area contributed by atoms with Crippen LogP contribution in [0.5, 0.6) is 5.75 Å². The van der Waals surface area contributed by atoms with E-state index < -0.39 is 20.0 Å². The predicted octanol–water partition coefficient (Wildman–Crippen LogP) is 2.69. The number of nitrogens with one attached hydrogen (secondary N) is 2. The molecule has 28 heavy (non-hydrogen) atoms. The number of rotatable bonds is 7. The molecule has 0 saturated heterocycles. The monoisotopic (exact) mass is 419 g/mol. The van der Waals surface area contributed by atoms with Gasteiger partial charge >= 0.3 is 0 Å². The minimum Gasteiger partial charge on any atom is -0.497 e. The number of sulfonamides is 2. The Labute approximate surface area is 163 Å². The fraction of sp³-hybridized carbons (Fsp3) is 0.0556. The first-order valence-corrected chi connectivity index (χ1v) is 11.0. The largest absolute Gasteiger partial charge is 0.497 e. The Morgan fingerprint density at radius 3 is 1.64 bits per heavy atom.